The van der Waals surface area contributed by atoms with Crippen LogP contribution in [0.1, 0.15) is 40.5 Å². The van der Waals surface area contributed by atoms with Gasteiger partial charge in [0.2, 0.25) is 5.78 Å². The standard InChI is InChI=1S/C30H42N2O9/c1-16-9-10-18(3)29(35)32-22-15-20(33)14-21(25(22)34)26(39-7)19(4)13-24(38-6)23(37-5)12-11-17(2)28(27(16)40-8)41-30(31)36/h9-11,14-15,19,23-24,26-28H,12-13H2,1-8H3,(H2,31,36)(H,32,35)/b16-9-,17-11+,18-10+/t19-,23-,24-,26+,27-,28-/m0/s1. The molecule has 0 unspecified atom stereocenters. The van der Waals surface area contributed by atoms with Crippen LogP contribution >= 0.6 is 0 Å². The quantitative estimate of drug-likeness (QED) is 0.373. The van der Waals surface area contributed by atoms with E-state index in [1.54, 1.807) is 47.1 Å². The summed E-state index contributed by atoms with van der Waals surface area (Å²) in [5, 5.41) is 2.56. The van der Waals surface area contributed by atoms with Crippen LogP contribution in [0.15, 0.2) is 58.4 Å². The third kappa shape index (κ3) is 8.80. The fourth-order valence-electron chi connectivity index (χ4n) is 5.02. The molecule has 1 heterocycles. The van der Waals surface area contributed by atoms with Crippen LogP contribution in [-0.4, -0.2) is 82.5 Å². The number of ketones is 2. The van der Waals surface area contributed by atoms with Gasteiger partial charge in [0.05, 0.1) is 24.0 Å². The van der Waals surface area contributed by atoms with Gasteiger partial charge in [-0.2, -0.15) is 0 Å². The van der Waals surface area contributed by atoms with E-state index in [4.69, 9.17) is 29.4 Å². The van der Waals surface area contributed by atoms with Gasteiger partial charge in [-0.1, -0.05) is 25.2 Å². The molecule has 41 heavy (non-hydrogen) atoms. The minimum absolute atomic E-state index is 0.138. The van der Waals surface area contributed by atoms with Gasteiger partial charge in [0.25, 0.3) is 5.91 Å². The Morgan fingerprint density at radius 3 is 2.05 bits per heavy atom. The van der Waals surface area contributed by atoms with E-state index >= 15 is 0 Å². The summed E-state index contributed by atoms with van der Waals surface area (Å²) < 4.78 is 28.4. The lowest BCUT2D eigenvalue weighted by Crippen LogP contribution is -2.39. The van der Waals surface area contributed by atoms with Crippen molar-refractivity contribution in [2.45, 2.75) is 71.1 Å². The van der Waals surface area contributed by atoms with Gasteiger partial charge in [0, 0.05) is 45.7 Å². The first-order chi connectivity index (χ1) is 19.4. The molecule has 3 N–H and O–H groups in total. The number of amides is 2. The summed E-state index contributed by atoms with van der Waals surface area (Å²) in [7, 11) is 6.06. The van der Waals surface area contributed by atoms with Crippen molar-refractivity contribution in [2.24, 2.45) is 11.7 Å². The number of rotatable bonds is 5. The Morgan fingerprint density at radius 1 is 0.854 bits per heavy atom. The second-order valence-corrected chi connectivity index (χ2v) is 10.2. The molecule has 2 amide bonds. The Morgan fingerprint density at radius 2 is 1.49 bits per heavy atom. The highest BCUT2D eigenvalue weighted by atomic mass is 16.6. The predicted molar refractivity (Wildman–Crippen MR) is 152 cm³/mol. The van der Waals surface area contributed by atoms with Gasteiger partial charge in [-0.05, 0) is 56.8 Å². The first-order valence-electron chi connectivity index (χ1n) is 13.3. The van der Waals surface area contributed by atoms with E-state index in [9.17, 15) is 19.2 Å². The average Bonchev–Trinajstić information content (AvgIpc) is 2.92. The molecule has 226 valence electrons. The number of hydrogen-bond acceptors (Lipinski definition) is 9. The molecule has 6 atom stereocenters. The highest BCUT2D eigenvalue weighted by Crippen LogP contribution is 2.29. The SMILES string of the molecule is CO[C@H]1C/C=C(\C)[C@H](OC(N)=O)[C@@H](OC)/C(C)=C\C=C(/C)C(=O)NC2=CC(=O)C=C(C2=O)[C@H](OC)[C@@H](C)C[C@@H]1OC. The number of Topliss-reactive ketones (excluding diaryl/α,β-unsaturated/α-hetero) is 1. The van der Waals surface area contributed by atoms with Crippen molar-refractivity contribution in [3.63, 3.8) is 0 Å². The van der Waals surface area contributed by atoms with Crippen molar-refractivity contribution >= 4 is 23.6 Å². The highest BCUT2D eigenvalue weighted by molar-refractivity contribution is 6.22. The number of ether oxygens (including phenoxy) is 5. The number of fused-ring (bicyclic) bond motifs is 2. The number of methoxy groups -OCH3 is 4. The fourth-order valence-corrected chi connectivity index (χ4v) is 5.02. The smallest absolute Gasteiger partial charge is 0.405 e. The molecule has 11 heteroatoms. The van der Waals surface area contributed by atoms with Crippen LogP contribution in [-0.2, 0) is 38.1 Å². The molecule has 0 radical (unpaired) electrons. The van der Waals surface area contributed by atoms with Gasteiger partial charge >= 0.3 is 6.09 Å². The van der Waals surface area contributed by atoms with Crippen LogP contribution < -0.4 is 11.1 Å². The first kappa shape index (κ1) is 33.8. The molecule has 0 fully saturated rings. The lowest BCUT2D eigenvalue weighted by molar-refractivity contribution is -0.120. The number of nitrogens with two attached hydrogens (primary N) is 1. The van der Waals surface area contributed by atoms with Gasteiger partial charge in [-0.15, -0.1) is 0 Å². The maximum absolute atomic E-state index is 13.4. The Balaban J connectivity index is 2.65. The molecule has 0 aromatic heterocycles. The molecular weight excluding hydrogens is 532 g/mol. The van der Waals surface area contributed by atoms with E-state index in [2.05, 4.69) is 5.32 Å². The van der Waals surface area contributed by atoms with Crippen molar-refractivity contribution in [1.29, 1.82) is 0 Å². The number of primary amides is 1. The van der Waals surface area contributed by atoms with Gasteiger partial charge in [0.1, 0.15) is 6.10 Å². The molecule has 0 saturated carbocycles. The lowest BCUT2D eigenvalue weighted by Gasteiger charge is -2.32. The molecule has 0 aromatic carbocycles. The van der Waals surface area contributed by atoms with E-state index in [0.29, 0.717) is 24.0 Å². The molecule has 0 saturated heterocycles. The maximum Gasteiger partial charge on any atom is 0.405 e. The van der Waals surface area contributed by atoms with Crippen LogP contribution in [0, 0.1) is 5.92 Å². The summed E-state index contributed by atoms with van der Waals surface area (Å²) in [5.41, 5.74) is 6.97. The van der Waals surface area contributed by atoms with Crippen LogP contribution in [0.2, 0.25) is 0 Å². The zero-order valence-electron chi connectivity index (χ0n) is 25.0. The molecule has 0 spiro atoms. The largest absolute Gasteiger partial charge is 0.439 e. The molecule has 2 aliphatic rings. The molecule has 1 aliphatic heterocycles. The number of allylic oxidation sites excluding steroid dienone is 5. The summed E-state index contributed by atoms with van der Waals surface area (Å²) in [4.78, 5) is 50.7. The first-order valence-corrected chi connectivity index (χ1v) is 13.3. The second kappa shape index (κ2) is 15.6. The predicted octanol–water partition coefficient (Wildman–Crippen LogP) is 2.86. The minimum atomic E-state index is -0.965. The number of carbonyl (C=O) groups excluding carboxylic acids is 4. The average molecular weight is 575 g/mol. The number of nitrogens with one attached hydrogen (secondary N) is 1. The number of carbonyl (C=O) groups is 4. The fraction of sp³-hybridized carbons (Fsp3) is 0.533. The van der Waals surface area contributed by atoms with E-state index in [-0.39, 0.29) is 22.8 Å². The highest BCUT2D eigenvalue weighted by Gasteiger charge is 2.35. The monoisotopic (exact) mass is 574 g/mol. The Kier molecular flexibility index (Phi) is 12.8. The summed E-state index contributed by atoms with van der Waals surface area (Å²) >= 11 is 0. The second-order valence-electron chi connectivity index (χ2n) is 10.2. The van der Waals surface area contributed by atoms with Crippen molar-refractivity contribution in [3.8, 4) is 0 Å². The Hall–Kier alpha value is -3.38. The third-order valence-corrected chi connectivity index (χ3v) is 7.34. The minimum Gasteiger partial charge on any atom is -0.439 e. The zero-order valence-corrected chi connectivity index (χ0v) is 25.0. The summed E-state index contributed by atoms with van der Waals surface area (Å²) in [5.74, 6) is -1.80. The van der Waals surface area contributed by atoms with Crippen molar-refractivity contribution in [3.05, 3.63) is 58.4 Å². The summed E-state index contributed by atoms with van der Waals surface area (Å²) in [6, 6.07) is 0. The van der Waals surface area contributed by atoms with Crippen molar-refractivity contribution in [1.82, 2.24) is 5.32 Å². The van der Waals surface area contributed by atoms with Crippen molar-refractivity contribution < 1.29 is 42.9 Å². The lowest BCUT2D eigenvalue weighted by atomic mass is 9.85. The molecule has 11 nitrogen and oxygen atoms in total. The Bertz CT molecular complexity index is 1160. The van der Waals surface area contributed by atoms with E-state index in [0.717, 1.165) is 6.08 Å². The molecule has 1 aliphatic carbocycles. The Labute approximate surface area is 241 Å². The van der Waals surface area contributed by atoms with Gasteiger partial charge in [-0.25, -0.2) is 4.79 Å². The molecule has 0 aromatic rings. The van der Waals surface area contributed by atoms with E-state index in [1.807, 2.05) is 13.0 Å². The molecular formula is C30H42N2O9. The van der Waals surface area contributed by atoms with E-state index in [1.165, 1.54) is 20.3 Å². The molecule has 2 bridgehead atoms. The van der Waals surface area contributed by atoms with Crippen LogP contribution in [0.25, 0.3) is 0 Å². The normalized spacial score (nSPS) is 32.8. The van der Waals surface area contributed by atoms with E-state index < -0.39 is 54.1 Å². The van der Waals surface area contributed by atoms with Gasteiger partial charge < -0.3 is 34.7 Å². The zero-order chi connectivity index (χ0) is 30.9. The van der Waals surface area contributed by atoms with Crippen LogP contribution in [0.3, 0.4) is 0 Å². The number of hydrogen-bond donors (Lipinski definition) is 2. The summed E-state index contributed by atoms with van der Waals surface area (Å²) in [6.45, 7) is 7.00. The van der Waals surface area contributed by atoms with Crippen molar-refractivity contribution in [2.75, 3.05) is 28.4 Å². The third-order valence-electron chi connectivity index (χ3n) is 7.34. The summed E-state index contributed by atoms with van der Waals surface area (Å²) in [6.07, 6.45) is 4.08. The molecule has 2 rings (SSSR count). The van der Waals surface area contributed by atoms with Gasteiger partial charge in [0.15, 0.2) is 11.9 Å². The van der Waals surface area contributed by atoms with Crippen LogP contribution in [0.5, 0.6) is 0 Å². The maximum atomic E-state index is 13.4. The topological polar surface area (TPSA) is 152 Å². The van der Waals surface area contributed by atoms with Crippen LogP contribution in [0.4, 0.5) is 4.79 Å². The van der Waals surface area contributed by atoms with Gasteiger partial charge in [-0.3, -0.25) is 14.4 Å².